The first-order valence-electron chi connectivity index (χ1n) is 5.09. The Kier molecular flexibility index (Phi) is 4.55. The molecule has 2 aromatic heterocycles. The van der Waals surface area contributed by atoms with E-state index >= 15 is 0 Å². The van der Waals surface area contributed by atoms with Gasteiger partial charge in [0.1, 0.15) is 0 Å². The van der Waals surface area contributed by atoms with Crippen LogP contribution in [0.15, 0.2) is 33.3 Å². The zero-order valence-corrected chi connectivity index (χ0v) is 12.5. The number of hydrogen-bond acceptors (Lipinski definition) is 5. The fourth-order valence-electron chi connectivity index (χ4n) is 1.33. The summed E-state index contributed by atoms with van der Waals surface area (Å²) < 4.78 is 1.10. The van der Waals surface area contributed by atoms with Gasteiger partial charge >= 0.3 is 0 Å². The minimum Gasteiger partial charge on any atom is -0.329 e. The summed E-state index contributed by atoms with van der Waals surface area (Å²) in [5.41, 5.74) is 6.79. The van der Waals surface area contributed by atoms with Gasteiger partial charge in [-0.15, -0.1) is 11.3 Å². The van der Waals surface area contributed by atoms with Crippen molar-refractivity contribution in [1.29, 1.82) is 0 Å². The number of aromatic nitrogens is 2. The van der Waals surface area contributed by atoms with Gasteiger partial charge in [0.05, 0.1) is 5.25 Å². The summed E-state index contributed by atoms with van der Waals surface area (Å²) in [7, 11) is 0. The molecule has 0 saturated carbocycles. The van der Waals surface area contributed by atoms with Crippen LogP contribution in [0.25, 0.3) is 0 Å². The quantitative estimate of drug-likeness (QED) is 0.689. The molecule has 0 aliphatic heterocycles. The Morgan fingerprint density at radius 2 is 2.41 bits per heavy atom. The van der Waals surface area contributed by atoms with E-state index in [9.17, 15) is 0 Å². The average molecular weight is 330 g/mol. The van der Waals surface area contributed by atoms with Crippen molar-refractivity contribution < 1.29 is 0 Å². The van der Waals surface area contributed by atoms with Gasteiger partial charge < -0.3 is 5.73 Å². The summed E-state index contributed by atoms with van der Waals surface area (Å²) in [5.74, 6) is 0. The van der Waals surface area contributed by atoms with Crippen LogP contribution in [0.2, 0.25) is 0 Å². The smallest absolute Gasteiger partial charge is 0.188 e. The Hall–Kier alpha value is -0.430. The second kappa shape index (κ2) is 5.95. The van der Waals surface area contributed by atoms with Gasteiger partial charge in [0, 0.05) is 33.2 Å². The molecule has 0 aromatic carbocycles. The molecule has 1 atom stereocenters. The minimum atomic E-state index is 0.216. The molecule has 0 fully saturated rings. The third-order valence-electron chi connectivity index (χ3n) is 2.14. The van der Waals surface area contributed by atoms with Crippen molar-refractivity contribution in [2.45, 2.75) is 17.3 Å². The van der Waals surface area contributed by atoms with E-state index < -0.39 is 0 Å². The first-order chi connectivity index (χ1) is 8.19. The second-order valence-electron chi connectivity index (χ2n) is 3.49. The Labute approximate surface area is 117 Å². The SMILES string of the molecule is Cc1ccnc(SC(CN)c2cc(Br)cs2)n1. The van der Waals surface area contributed by atoms with Gasteiger partial charge in [-0.25, -0.2) is 9.97 Å². The molecular formula is C11H12BrN3S2. The van der Waals surface area contributed by atoms with Crippen molar-refractivity contribution >= 4 is 39.0 Å². The Morgan fingerprint density at radius 1 is 1.59 bits per heavy atom. The molecule has 0 aliphatic carbocycles. The number of nitrogens with two attached hydrogens (primary N) is 1. The summed E-state index contributed by atoms with van der Waals surface area (Å²) in [6.45, 7) is 2.54. The molecule has 0 saturated heterocycles. The largest absolute Gasteiger partial charge is 0.329 e. The van der Waals surface area contributed by atoms with Crippen molar-refractivity contribution in [1.82, 2.24) is 9.97 Å². The first kappa shape index (κ1) is 13.0. The zero-order valence-electron chi connectivity index (χ0n) is 9.26. The highest BCUT2D eigenvalue weighted by Crippen LogP contribution is 2.36. The number of hydrogen-bond donors (Lipinski definition) is 1. The highest BCUT2D eigenvalue weighted by atomic mass is 79.9. The van der Waals surface area contributed by atoms with E-state index in [4.69, 9.17) is 5.73 Å². The Bertz CT molecular complexity index is 501. The fourth-order valence-corrected chi connectivity index (χ4v) is 3.93. The van der Waals surface area contributed by atoms with Crippen molar-refractivity contribution in [2.24, 2.45) is 5.73 Å². The zero-order chi connectivity index (χ0) is 12.3. The van der Waals surface area contributed by atoms with Gasteiger partial charge in [-0.2, -0.15) is 0 Å². The standard InChI is InChI=1S/C11H12BrN3S2/c1-7-2-3-14-11(15-7)17-10(5-13)9-4-8(12)6-16-9/h2-4,6,10H,5,13H2,1H3. The van der Waals surface area contributed by atoms with Gasteiger partial charge in [-0.3, -0.25) is 0 Å². The predicted octanol–water partition coefficient (Wildman–Crippen LogP) is 3.40. The van der Waals surface area contributed by atoms with Crippen molar-refractivity contribution in [3.8, 4) is 0 Å². The molecule has 2 N–H and O–H groups in total. The van der Waals surface area contributed by atoms with Crippen LogP contribution in [-0.2, 0) is 0 Å². The molecular weight excluding hydrogens is 318 g/mol. The lowest BCUT2D eigenvalue weighted by Crippen LogP contribution is -2.08. The number of thioether (sulfide) groups is 1. The molecule has 3 nitrogen and oxygen atoms in total. The Balaban J connectivity index is 2.15. The number of rotatable bonds is 4. The molecule has 2 rings (SSSR count). The third kappa shape index (κ3) is 3.51. The van der Waals surface area contributed by atoms with Gasteiger partial charge in [0.2, 0.25) is 0 Å². The molecule has 90 valence electrons. The van der Waals surface area contributed by atoms with E-state index in [1.54, 1.807) is 29.3 Å². The summed E-state index contributed by atoms with van der Waals surface area (Å²) in [6, 6.07) is 3.99. The highest BCUT2D eigenvalue weighted by molar-refractivity contribution is 9.10. The molecule has 0 spiro atoms. The van der Waals surface area contributed by atoms with Crippen molar-refractivity contribution in [2.75, 3.05) is 6.54 Å². The number of aryl methyl sites for hydroxylation is 1. The van der Waals surface area contributed by atoms with Gasteiger partial charge in [0.25, 0.3) is 0 Å². The monoisotopic (exact) mass is 329 g/mol. The van der Waals surface area contributed by atoms with Crippen LogP contribution >= 0.6 is 39.0 Å². The maximum Gasteiger partial charge on any atom is 0.188 e. The van der Waals surface area contributed by atoms with Crippen LogP contribution in [0, 0.1) is 6.92 Å². The van der Waals surface area contributed by atoms with E-state index in [2.05, 4.69) is 37.3 Å². The summed E-state index contributed by atoms with van der Waals surface area (Å²) in [5, 5.41) is 3.06. The number of nitrogens with zero attached hydrogens (tertiary/aromatic N) is 2. The van der Waals surface area contributed by atoms with E-state index in [0.29, 0.717) is 6.54 Å². The lowest BCUT2D eigenvalue weighted by Gasteiger charge is -2.11. The van der Waals surface area contributed by atoms with Gasteiger partial charge in [-0.05, 0) is 35.0 Å². The minimum absolute atomic E-state index is 0.216. The Morgan fingerprint density at radius 3 is 3.00 bits per heavy atom. The lowest BCUT2D eigenvalue weighted by atomic mass is 10.3. The van der Waals surface area contributed by atoms with Crippen LogP contribution in [-0.4, -0.2) is 16.5 Å². The summed E-state index contributed by atoms with van der Waals surface area (Å²) in [4.78, 5) is 9.88. The molecule has 6 heteroatoms. The second-order valence-corrected chi connectivity index (χ2v) is 6.52. The van der Waals surface area contributed by atoms with Crippen LogP contribution in [0.4, 0.5) is 0 Å². The number of thiophene rings is 1. The predicted molar refractivity (Wildman–Crippen MR) is 76.4 cm³/mol. The fraction of sp³-hybridized carbons (Fsp3) is 0.273. The van der Waals surface area contributed by atoms with E-state index in [0.717, 1.165) is 15.3 Å². The maximum absolute atomic E-state index is 5.81. The van der Waals surface area contributed by atoms with Gasteiger partial charge in [-0.1, -0.05) is 11.8 Å². The molecule has 2 aromatic rings. The summed E-state index contributed by atoms with van der Waals surface area (Å²) in [6.07, 6.45) is 1.78. The molecule has 0 aliphatic rings. The molecule has 17 heavy (non-hydrogen) atoms. The molecule has 0 radical (unpaired) electrons. The van der Waals surface area contributed by atoms with E-state index in [1.165, 1.54) is 4.88 Å². The van der Waals surface area contributed by atoms with Crippen molar-refractivity contribution in [3.05, 3.63) is 38.8 Å². The maximum atomic E-state index is 5.81. The van der Waals surface area contributed by atoms with Crippen LogP contribution in [0.1, 0.15) is 15.8 Å². The van der Waals surface area contributed by atoms with Crippen LogP contribution in [0.5, 0.6) is 0 Å². The topological polar surface area (TPSA) is 51.8 Å². The van der Waals surface area contributed by atoms with Crippen molar-refractivity contribution in [3.63, 3.8) is 0 Å². The van der Waals surface area contributed by atoms with E-state index in [-0.39, 0.29) is 5.25 Å². The van der Waals surface area contributed by atoms with E-state index in [1.807, 2.05) is 13.0 Å². The third-order valence-corrected chi connectivity index (χ3v) is 5.23. The molecule has 1 unspecified atom stereocenters. The summed E-state index contributed by atoms with van der Waals surface area (Å²) >= 11 is 6.77. The lowest BCUT2D eigenvalue weighted by molar-refractivity contribution is 0.902. The average Bonchev–Trinajstić information content (AvgIpc) is 2.73. The highest BCUT2D eigenvalue weighted by Gasteiger charge is 2.15. The van der Waals surface area contributed by atoms with Crippen LogP contribution < -0.4 is 5.73 Å². The first-order valence-corrected chi connectivity index (χ1v) is 7.64. The molecule has 0 amide bonds. The normalized spacial score (nSPS) is 12.6. The molecule has 0 bridgehead atoms. The molecule has 2 heterocycles. The van der Waals surface area contributed by atoms with Crippen LogP contribution in [0.3, 0.4) is 0 Å². The number of halogens is 1. The van der Waals surface area contributed by atoms with Gasteiger partial charge in [0.15, 0.2) is 5.16 Å².